The van der Waals surface area contributed by atoms with Crippen LogP contribution in [0.5, 0.6) is 5.75 Å². The summed E-state index contributed by atoms with van der Waals surface area (Å²) in [4.78, 5) is 12.7. The Morgan fingerprint density at radius 2 is 1.74 bits per heavy atom. The third-order valence-corrected chi connectivity index (χ3v) is 6.71. The molecule has 0 aliphatic heterocycles. The van der Waals surface area contributed by atoms with Crippen molar-refractivity contribution in [2.45, 2.75) is 37.4 Å². The number of benzene rings is 2. The number of amides is 1. The molecule has 0 aromatic heterocycles. The second-order valence-corrected chi connectivity index (χ2v) is 8.97. The van der Waals surface area contributed by atoms with Crippen LogP contribution in [0.3, 0.4) is 0 Å². The molecule has 1 fully saturated rings. The van der Waals surface area contributed by atoms with Crippen LogP contribution in [0.15, 0.2) is 42.5 Å². The van der Waals surface area contributed by atoms with Gasteiger partial charge in [-0.15, -0.1) is 0 Å². The summed E-state index contributed by atoms with van der Waals surface area (Å²) in [7, 11) is -3.58. The van der Waals surface area contributed by atoms with Crippen molar-refractivity contribution in [3.63, 3.8) is 0 Å². The first-order valence-electron chi connectivity index (χ1n) is 8.77. The van der Waals surface area contributed by atoms with Gasteiger partial charge < -0.3 is 10.4 Å². The quantitative estimate of drug-likeness (QED) is 0.640. The molecule has 1 aliphatic rings. The summed E-state index contributed by atoms with van der Waals surface area (Å²) in [5, 5.41) is 12.3. The zero-order chi connectivity index (χ0) is 19.4. The van der Waals surface area contributed by atoms with E-state index in [1.165, 1.54) is 24.3 Å². The minimum atomic E-state index is -3.58. The van der Waals surface area contributed by atoms with Crippen LogP contribution < -0.4 is 10.0 Å². The Morgan fingerprint density at radius 1 is 1.04 bits per heavy atom. The highest BCUT2D eigenvalue weighted by Crippen LogP contribution is 2.29. The predicted molar refractivity (Wildman–Crippen MR) is 107 cm³/mol. The first-order valence-corrected chi connectivity index (χ1v) is 10.7. The average molecular weight is 409 g/mol. The first kappa shape index (κ1) is 19.5. The number of anilines is 2. The Hall–Kier alpha value is -2.25. The molecule has 0 saturated heterocycles. The number of aromatic hydroxyl groups is 1. The number of para-hydroxylation sites is 1. The number of nitrogens with one attached hydrogen (secondary N) is 2. The summed E-state index contributed by atoms with van der Waals surface area (Å²) in [6, 6.07) is 10.7. The van der Waals surface area contributed by atoms with E-state index in [2.05, 4.69) is 10.0 Å². The Morgan fingerprint density at radius 3 is 2.48 bits per heavy atom. The van der Waals surface area contributed by atoms with Crippen LogP contribution in [-0.2, 0) is 10.0 Å². The smallest absolute Gasteiger partial charge is 0.257 e. The lowest BCUT2D eigenvalue weighted by Gasteiger charge is -2.23. The number of rotatable bonds is 5. The fraction of sp³-hybridized carbons (Fsp3) is 0.316. The minimum Gasteiger partial charge on any atom is -0.506 e. The molecule has 6 nitrogen and oxygen atoms in total. The topological polar surface area (TPSA) is 95.5 Å². The second-order valence-electron chi connectivity index (χ2n) is 6.57. The van der Waals surface area contributed by atoms with Crippen molar-refractivity contribution in [2.75, 3.05) is 10.0 Å². The van der Waals surface area contributed by atoms with Gasteiger partial charge in [-0.05, 0) is 43.2 Å². The van der Waals surface area contributed by atoms with Crippen LogP contribution in [0.1, 0.15) is 42.5 Å². The van der Waals surface area contributed by atoms with Crippen LogP contribution in [0, 0.1) is 0 Å². The summed E-state index contributed by atoms with van der Waals surface area (Å²) in [6.07, 6.45) is 4.08. The Labute approximate surface area is 163 Å². The molecular formula is C19H21ClN2O4S. The Kier molecular flexibility index (Phi) is 5.92. The van der Waals surface area contributed by atoms with Gasteiger partial charge in [0.25, 0.3) is 5.91 Å². The average Bonchev–Trinajstić information content (AvgIpc) is 2.65. The number of carbonyl (C=O) groups is 1. The van der Waals surface area contributed by atoms with Gasteiger partial charge in [-0.2, -0.15) is 0 Å². The summed E-state index contributed by atoms with van der Waals surface area (Å²) < 4.78 is 27.9. The molecule has 2 aromatic carbocycles. The van der Waals surface area contributed by atoms with Gasteiger partial charge in [-0.3, -0.25) is 9.52 Å². The Bertz CT molecular complexity index is 940. The molecule has 0 atom stereocenters. The molecule has 27 heavy (non-hydrogen) atoms. The molecule has 144 valence electrons. The van der Waals surface area contributed by atoms with E-state index in [4.69, 9.17) is 11.6 Å². The van der Waals surface area contributed by atoms with Crippen molar-refractivity contribution in [1.29, 1.82) is 0 Å². The number of phenols is 1. The fourth-order valence-electron chi connectivity index (χ4n) is 3.18. The molecule has 1 aliphatic carbocycles. The maximum absolute atomic E-state index is 12.7. The maximum atomic E-state index is 12.7. The molecule has 8 heteroatoms. The second kappa shape index (κ2) is 8.19. The SMILES string of the molecule is O=C(Nc1cc(Cl)ccc1O)c1ccccc1NS(=O)(=O)C1CCCCC1. The highest BCUT2D eigenvalue weighted by atomic mass is 35.5. The Balaban J connectivity index is 1.83. The van der Waals surface area contributed by atoms with Gasteiger partial charge in [0.2, 0.25) is 10.0 Å². The highest BCUT2D eigenvalue weighted by molar-refractivity contribution is 7.93. The third-order valence-electron chi connectivity index (χ3n) is 4.62. The number of carbonyl (C=O) groups excluding carboxylic acids is 1. The van der Waals surface area contributed by atoms with Gasteiger partial charge >= 0.3 is 0 Å². The molecule has 0 bridgehead atoms. The van der Waals surface area contributed by atoms with E-state index >= 15 is 0 Å². The molecule has 0 spiro atoms. The van der Waals surface area contributed by atoms with Crippen molar-refractivity contribution in [1.82, 2.24) is 0 Å². The van der Waals surface area contributed by atoms with Crippen LogP contribution in [0.25, 0.3) is 0 Å². The van der Waals surface area contributed by atoms with Gasteiger partial charge in [0, 0.05) is 5.02 Å². The first-order chi connectivity index (χ1) is 12.9. The molecule has 1 saturated carbocycles. The largest absolute Gasteiger partial charge is 0.506 e. The summed E-state index contributed by atoms with van der Waals surface area (Å²) >= 11 is 5.90. The molecule has 1 amide bonds. The number of hydrogen-bond acceptors (Lipinski definition) is 4. The predicted octanol–water partition coefficient (Wildman–Crippen LogP) is 4.37. The molecule has 2 aromatic rings. The highest BCUT2D eigenvalue weighted by Gasteiger charge is 2.28. The minimum absolute atomic E-state index is 0.131. The van der Waals surface area contributed by atoms with Gasteiger partial charge in [-0.1, -0.05) is 43.0 Å². The third kappa shape index (κ3) is 4.73. The molecule has 3 rings (SSSR count). The molecule has 3 N–H and O–H groups in total. The standard InChI is InChI=1S/C19H21ClN2O4S/c20-13-10-11-18(23)17(12-13)21-19(24)15-8-4-5-9-16(15)22-27(25,26)14-6-2-1-3-7-14/h4-5,8-12,14,22-23H,1-3,6-7H2,(H,21,24). The van der Waals surface area contributed by atoms with E-state index < -0.39 is 21.2 Å². The molecule has 0 unspecified atom stereocenters. The van der Waals surface area contributed by atoms with Crippen LogP contribution in [0.2, 0.25) is 5.02 Å². The summed E-state index contributed by atoms with van der Waals surface area (Å²) in [5.74, 6) is -0.678. The lowest BCUT2D eigenvalue weighted by molar-refractivity contribution is 0.102. The van der Waals surface area contributed by atoms with E-state index in [1.54, 1.807) is 18.2 Å². The molecule has 0 heterocycles. The van der Waals surface area contributed by atoms with Crippen LogP contribution in [-0.4, -0.2) is 24.7 Å². The number of halogens is 1. The lowest BCUT2D eigenvalue weighted by atomic mass is 10.0. The monoisotopic (exact) mass is 408 g/mol. The van der Waals surface area contributed by atoms with Gasteiger partial charge in [-0.25, -0.2) is 8.42 Å². The van der Waals surface area contributed by atoms with Crippen LogP contribution >= 0.6 is 11.6 Å². The normalized spacial score (nSPS) is 15.3. The van der Waals surface area contributed by atoms with E-state index in [0.29, 0.717) is 17.9 Å². The van der Waals surface area contributed by atoms with E-state index in [9.17, 15) is 18.3 Å². The molecule has 0 radical (unpaired) electrons. The van der Waals surface area contributed by atoms with Gasteiger partial charge in [0.1, 0.15) is 5.75 Å². The number of hydrogen-bond donors (Lipinski definition) is 3. The van der Waals surface area contributed by atoms with Crippen molar-refractivity contribution >= 4 is 38.9 Å². The van der Waals surface area contributed by atoms with Crippen molar-refractivity contribution in [3.8, 4) is 5.75 Å². The van der Waals surface area contributed by atoms with Gasteiger partial charge in [0.15, 0.2) is 0 Å². The maximum Gasteiger partial charge on any atom is 0.257 e. The fourth-order valence-corrected chi connectivity index (χ4v) is 4.96. The van der Waals surface area contributed by atoms with Gasteiger partial charge in [0.05, 0.1) is 22.2 Å². The van der Waals surface area contributed by atoms with E-state index in [-0.39, 0.29) is 22.7 Å². The zero-order valence-corrected chi connectivity index (χ0v) is 16.2. The van der Waals surface area contributed by atoms with Crippen LogP contribution in [0.4, 0.5) is 11.4 Å². The lowest BCUT2D eigenvalue weighted by Crippen LogP contribution is -2.30. The van der Waals surface area contributed by atoms with E-state index in [1.807, 2.05) is 0 Å². The summed E-state index contributed by atoms with van der Waals surface area (Å²) in [6.45, 7) is 0. The van der Waals surface area contributed by atoms with E-state index in [0.717, 1.165) is 19.3 Å². The van der Waals surface area contributed by atoms with Crippen molar-refractivity contribution < 1.29 is 18.3 Å². The number of phenolic OH excluding ortho intramolecular Hbond substituents is 1. The van der Waals surface area contributed by atoms with Crippen molar-refractivity contribution in [2.24, 2.45) is 0 Å². The molecular weight excluding hydrogens is 388 g/mol. The zero-order valence-electron chi connectivity index (χ0n) is 14.6. The summed E-state index contributed by atoms with van der Waals surface area (Å²) in [5.41, 5.74) is 0.524. The number of sulfonamides is 1. The van der Waals surface area contributed by atoms with Crippen molar-refractivity contribution in [3.05, 3.63) is 53.1 Å².